The van der Waals surface area contributed by atoms with Gasteiger partial charge in [-0.05, 0) is 13.8 Å². The van der Waals surface area contributed by atoms with Crippen molar-refractivity contribution in [1.82, 2.24) is 10.4 Å². The lowest BCUT2D eigenvalue weighted by Crippen LogP contribution is -2.31. The van der Waals surface area contributed by atoms with Crippen molar-refractivity contribution >= 4 is 5.91 Å². The van der Waals surface area contributed by atoms with Gasteiger partial charge in [0.15, 0.2) is 0 Å². The first kappa shape index (κ1) is 13.4. The van der Waals surface area contributed by atoms with Crippen LogP contribution < -0.4 is 5.32 Å². The van der Waals surface area contributed by atoms with Crippen LogP contribution in [-0.4, -0.2) is 48.5 Å². The van der Waals surface area contributed by atoms with Crippen LogP contribution in [0.5, 0.6) is 0 Å². The highest BCUT2D eigenvalue weighted by Crippen LogP contribution is 1.91. The lowest BCUT2D eigenvalue weighted by molar-refractivity contribution is -0.128. The van der Waals surface area contributed by atoms with Crippen LogP contribution in [0.15, 0.2) is 0 Å². The number of hydrogen-bond donors (Lipinski definition) is 2. The molecule has 0 aromatic carbocycles. The van der Waals surface area contributed by atoms with Gasteiger partial charge in [-0.25, -0.2) is 0 Å². The van der Waals surface area contributed by atoms with E-state index in [0.717, 1.165) is 0 Å². The summed E-state index contributed by atoms with van der Waals surface area (Å²) in [4.78, 5) is 10.5. The van der Waals surface area contributed by atoms with E-state index in [0.29, 0.717) is 26.3 Å². The molecule has 0 saturated heterocycles. The monoisotopic (exact) mass is 204 g/mol. The van der Waals surface area contributed by atoms with E-state index >= 15 is 0 Å². The summed E-state index contributed by atoms with van der Waals surface area (Å²) in [6.45, 7) is 7.21. The van der Waals surface area contributed by atoms with E-state index in [9.17, 15) is 10.0 Å². The number of rotatable bonds is 7. The topological polar surface area (TPSA) is 61.8 Å². The smallest absolute Gasteiger partial charge is 0.216 e. The number of hydroxylamine groups is 2. The molecule has 0 atom stereocenters. The van der Waals surface area contributed by atoms with E-state index in [1.54, 1.807) is 0 Å². The zero-order valence-corrected chi connectivity index (χ0v) is 9.12. The van der Waals surface area contributed by atoms with Crippen molar-refractivity contribution in [3.8, 4) is 0 Å². The fourth-order valence-corrected chi connectivity index (χ4v) is 0.818. The van der Waals surface area contributed by atoms with Crippen molar-refractivity contribution in [2.24, 2.45) is 0 Å². The number of nitrogens with one attached hydrogen (secondary N) is 1. The molecule has 5 heteroatoms. The predicted octanol–water partition coefficient (Wildman–Crippen LogP) is 0.239. The number of carbonyl (C=O) groups excluding carboxylic acids is 1. The van der Waals surface area contributed by atoms with Crippen molar-refractivity contribution in [2.45, 2.75) is 26.8 Å². The molecular weight excluding hydrogens is 184 g/mol. The first-order chi connectivity index (χ1) is 6.54. The zero-order valence-electron chi connectivity index (χ0n) is 9.12. The molecule has 0 spiro atoms. The Morgan fingerprint density at radius 3 is 2.64 bits per heavy atom. The molecule has 0 saturated carbocycles. The van der Waals surface area contributed by atoms with Crippen LogP contribution in [0, 0.1) is 0 Å². The third-order valence-electron chi connectivity index (χ3n) is 1.68. The highest BCUT2D eigenvalue weighted by molar-refractivity contribution is 5.72. The fourth-order valence-electron chi connectivity index (χ4n) is 0.818. The Bertz CT molecular complexity index is 162. The minimum atomic E-state index is -0.0560. The molecule has 0 aromatic rings. The predicted molar refractivity (Wildman–Crippen MR) is 53.1 cm³/mol. The molecule has 0 aliphatic heterocycles. The Balaban J connectivity index is 3.17. The molecule has 14 heavy (non-hydrogen) atoms. The van der Waals surface area contributed by atoms with Gasteiger partial charge in [-0.2, -0.15) is 5.06 Å². The van der Waals surface area contributed by atoms with Crippen molar-refractivity contribution in [3.05, 3.63) is 0 Å². The second-order valence-corrected chi connectivity index (χ2v) is 3.35. The molecule has 0 aromatic heterocycles. The van der Waals surface area contributed by atoms with Crippen LogP contribution in [0.4, 0.5) is 0 Å². The van der Waals surface area contributed by atoms with Crippen LogP contribution in [0.1, 0.15) is 20.8 Å². The van der Waals surface area contributed by atoms with E-state index in [4.69, 9.17) is 4.74 Å². The van der Waals surface area contributed by atoms with Crippen LogP contribution >= 0.6 is 0 Å². The lowest BCUT2D eigenvalue weighted by Gasteiger charge is -2.18. The van der Waals surface area contributed by atoms with Crippen molar-refractivity contribution < 1.29 is 14.7 Å². The molecule has 0 rings (SSSR count). The van der Waals surface area contributed by atoms with E-state index in [1.165, 1.54) is 12.0 Å². The summed E-state index contributed by atoms with van der Waals surface area (Å²) in [7, 11) is 0. The lowest BCUT2D eigenvalue weighted by atomic mass is 10.4. The van der Waals surface area contributed by atoms with Crippen LogP contribution in [0.25, 0.3) is 0 Å². The summed E-state index contributed by atoms with van der Waals surface area (Å²) >= 11 is 0. The molecule has 84 valence electrons. The molecule has 0 aliphatic carbocycles. The van der Waals surface area contributed by atoms with Crippen LogP contribution in [0.3, 0.4) is 0 Å². The SMILES string of the molecule is CC(=O)NCCOCCN(O)C(C)C. The Kier molecular flexibility index (Phi) is 7.37. The summed E-state index contributed by atoms with van der Waals surface area (Å²) in [5.41, 5.74) is 0. The van der Waals surface area contributed by atoms with Gasteiger partial charge in [0.2, 0.25) is 5.91 Å². The minimum Gasteiger partial charge on any atom is -0.378 e. The summed E-state index contributed by atoms with van der Waals surface area (Å²) in [6, 6.07) is 0.106. The second kappa shape index (κ2) is 7.73. The molecular formula is C9H20N2O3. The van der Waals surface area contributed by atoms with Crippen LogP contribution in [-0.2, 0) is 9.53 Å². The molecule has 2 N–H and O–H groups in total. The van der Waals surface area contributed by atoms with Gasteiger partial charge in [-0.1, -0.05) is 0 Å². The molecule has 0 heterocycles. The number of carbonyl (C=O) groups is 1. The Labute approximate surface area is 85.0 Å². The van der Waals surface area contributed by atoms with Gasteiger partial charge >= 0.3 is 0 Å². The van der Waals surface area contributed by atoms with Crippen molar-refractivity contribution in [3.63, 3.8) is 0 Å². The maximum atomic E-state index is 10.5. The van der Waals surface area contributed by atoms with Crippen LogP contribution in [0.2, 0.25) is 0 Å². The van der Waals surface area contributed by atoms with Gasteiger partial charge in [0.1, 0.15) is 0 Å². The maximum Gasteiger partial charge on any atom is 0.216 e. The molecule has 1 amide bonds. The standard InChI is InChI=1S/C9H20N2O3/c1-8(2)11(13)5-7-14-6-4-10-9(3)12/h8,13H,4-7H2,1-3H3,(H,10,12). The van der Waals surface area contributed by atoms with E-state index < -0.39 is 0 Å². The first-order valence-electron chi connectivity index (χ1n) is 4.81. The molecule has 0 aliphatic rings. The number of nitrogens with zero attached hydrogens (tertiary/aromatic N) is 1. The number of hydrogen-bond acceptors (Lipinski definition) is 4. The number of ether oxygens (including phenoxy) is 1. The van der Waals surface area contributed by atoms with E-state index in [2.05, 4.69) is 5.32 Å². The van der Waals surface area contributed by atoms with E-state index in [-0.39, 0.29) is 11.9 Å². The highest BCUT2D eigenvalue weighted by atomic mass is 16.5. The maximum absolute atomic E-state index is 10.5. The third-order valence-corrected chi connectivity index (χ3v) is 1.68. The molecule has 0 unspecified atom stereocenters. The number of amides is 1. The van der Waals surface area contributed by atoms with Gasteiger partial charge < -0.3 is 15.3 Å². The molecule has 0 radical (unpaired) electrons. The summed E-state index contributed by atoms with van der Waals surface area (Å²) in [6.07, 6.45) is 0. The van der Waals surface area contributed by atoms with Crippen molar-refractivity contribution in [1.29, 1.82) is 0 Å². The highest BCUT2D eigenvalue weighted by Gasteiger charge is 2.03. The third kappa shape index (κ3) is 7.97. The van der Waals surface area contributed by atoms with Gasteiger partial charge in [0, 0.05) is 26.1 Å². The largest absolute Gasteiger partial charge is 0.378 e. The fraction of sp³-hybridized carbons (Fsp3) is 0.889. The second-order valence-electron chi connectivity index (χ2n) is 3.35. The molecule has 0 fully saturated rings. The average Bonchev–Trinajstić information content (AvgIpc) is 2.09. The molecule has 0 bridgehead atoms. The Morgan fingerprint density at radius 2 is 2.14 bits per heavy atom. The summed E-state index contributed by atoms with van der Waals surface area (Å²) in [5.74, 6) is -0.0560. The summed E-state index contributed by atoms with van der Waals surface area (Å²) < 4.78 is 5.19. The van der Waals surface area contributed by atoms with E-state index in [1.807, 2.05) is 13.8 Å². The minimum absolute atomic E-state index is 0.0560. The van der Waals surface area contributed by atoms with Gasteiger partial charge in [0.25, 0.3) is 0 Å². The quantitative estimate of drug-likeness (QED) is 0.460. The van der Waals surface area contributed by atoms with Gasteiger partial charge in [-0.3, -0.25) is 4.79 Å². The normalized spacial score (nSPS) is 11.0. The first-order valence-corrected chi connectivity index (χ1v) is 4.81. The average molecular weight is 204 g/mol. The summed E-state index contributed by atoms with van der Waals surface area (Å²) in [5, 5.41) is 13.1. The van der Waals surface area contributed by atoms with Gasteiger partial charge in [0.05, 0.1) is 13.2 Å². The van der Waals surface area contributed by atoms with Gasteiger partial charge in [-0.15, -0.1) is 0 Å². The zero-order chi connectivity index (χ0) is 11.0. The molecule has 5 nitrogen and oxygen atoms in total. The van der Waals surface area contributed by atoms with Crippen molar-refractivity contribution in [2.75, 3.05) is 26.3 Å². The Morgan fingerprint density at radius 1 is 1.50 bits per heavy atom. The Hall–Kier alpha value is -0.650.